The lowest BCUT2D eigenvalue weighted by Gasteiger charge is -2.31. The lowest BCUT2D eigenvalue weighted by molar-refractivity contribution is 0.131. The molecule has 2 aromatic rings. The van der Waals surface area contributed by atoms with Crippen molar-refractivity contribution in [3.63, 3.8) is 0 Å². The van der Waals surface area contributed by atoms with Gasteiger partial charge >= 0.3 is 6.09 Å². The minimum atomic E-state index is -0.259. The smallest absolute Gasteiger partial charge is 0.415 e. The highest BCUT2D eigenvalue weighted by Crippen LogP contribution is 2.43. The molecule has 1 saturated heterocycles. The van der Waals surface area contributed by atoms with Crippen molar-refractivity contribution >= 4 is 11.8 Å². The maximum absolute atomic E-state index is 12.4. The number of cyclic esters (lactones) is 1. The summed E-state index contributed by atoms with van der Waals surface area (Å²) in [5.41, 5.74) is 3.14. The summed E-state index contributed by atoms with van der Waals surface area (Å²) in [5.74, 6) is 0.823. The van der Waals surface area contributed by atoms with Gasteiger partial charge in [-0.2, -0.15) is 0 Å². The standard InChI is InChI=1S/C18H17NO3/c1-21-14-8-10-15-13(11-14)7-9-16-17(22-18(20)19(15)16)12-5-3-2-4-6-12/h2-6,8,10-11,16-17H,7,9H2,1H3/t16-,17+/m0/s1. The molecule has 2 aromatic carbocycles. The van der Waals surface area contributed by atoms with Crippen molar-refractivity contribution in [1.29, 1.82) is 0 Å². The van der Waals surface area contributed by atoms with Gasteiger partial charge in [0.1, 0.15) is 11.9 Å². The first kappa shape index (κ1) is 13.2. The monoisotopic (exact) mass is 295 g/mol. The number of methoxy groups -OCH3 is 1. The van der Waals surface area contributed by atoms with Gasteiger partial charge in [-0.1, -0.05) is 30.3 Å². The van der Waals surface area contributed by atoms with E-state index >= 15 is 0 Å². The third-order valence-electron chi connectivity index (χ3n) is 4.49. The third kappa shape index (κ3) is 1.95. The molecule has 22 heavy (non-hydrogen) atoms. The SMILES string of the molecule is COc1ccc2c(c1)CC[C@H]1[C@@H](c3ccccc3)OC(=O)N21. The second kappa shape index (κ2) is 5.05. The Bertz CT molecular complexity index is 714. The van der Waals surface area contributed by atoms with E-state index in [9.17, 15) is 4.79 Å². The summed E-state index contributed by atoms with van der Waals surface area (Å²) >= 11 is 0. The molecule has 0 spiro atoms. The third-order valence-corrected chi connectivity index (χ3v) is 4.49. The normalized spacial score (nSPS) is 22.8. The zero-order chi connectivity index (χ0) is 15.1. The Balaban J connectivity index is 1.72. The van der Waals surface area contributed by atoms with E-state index < -0.39 is 0 Å². The topological polar surface area (TPSA) is 38.8 Å². The van der Waals surface area contributed by atoms with Crippen molar-refractivity contribution in [2.45, 2.75) is 25.0 Å². The van der Waals surface area contributed by atoms with Crippen LogP contribution in [0.25, 0.3) is 0 Å². The van der Waals surface area contributed by atoms with Crippen LogP contribution in [0.5, 0.6) is 5.75 Å². The van der Waals surface area contributed by atoms with Crippen LogP contribution < -0.4 is 9.64 Å². The molecule has 2 atom stereocenters. The molecule has 0 unspecified atom stereocenters. The van der Waals surface area contributed by atoms with Crippen LogP contribution in [-0.2, 0) is 11.2 Å². The zero-order valence-electron chi connectivity index (χ0n) is 12.4. The van der Waals surface area contributed by atoms with E-state index in [4.69, 9.17) is 9.47 Å². The molecular formula is C18H17NO3. The van der Waals surface area contributed by atoms with Gasteiger partial charge in [-0.15, -0.1) is 0 Å². The number of nitrogens with zero attached hydrogens (tertiary/aromatic N) is 1. The van der Waals surface area contributed by atoms with E-state index in [0.717, 1.165) is 35.4 Å². The average Bonchev–Trinajstić information content (AvgIpc) is 2.92. The Morgan fingerprint density at radius 2 is 2.00 bits per heavy atom. The van der Waals surface area contributed by atoms with Crippen LogP contribution in [0.2, 0.25) is 0 Å². The fourth-order valence-corrected chi connectivity index (χ4v) is 3.43. The predicted octanol–water partition coefficient (Wildman–Crippen LogP) is 3.71. The summed E-state index contributed by atoms with van der Waals surface area (Å²) in [6.45, 7) is 0. The number of hydrogen-bond donors (Lipinski definition) is 0. The average molecular weight is 295 g/mol. The van der Waals surface area contributed by atoms with Gasteiger partial charge in [-0.3, -0.25) is 4.90 Å². The lowest BCUT2D eigenvalue weighted by atomic mass is 9.91. The number of ether oxygens (including phenoxy) is 2. The molecule has 112 valence electrons. The van der Waals surface area contributed by atoms with Gasteiger partial charge < -0.3 is 9.47 Å². The van der Waals surface area contributed by atoms with Gasteiger partial charge in [0.05, 0.1) is 18.8 Å². The molecule has 4 heteroatoms. The number of hydrogen-bond acceptors (Lipinski definition) is 3. The molecule has 0 radical (unpaired) electrons. The Hall–Kier alpha value is -2.49. The summed E-state index contributed by atoms with van der Waals surface area (Å²) < 4.78 is 10.9. The quantitative estimate of drug-likeness (QED) is 0.848. The number of amides is 1. The molecular weight excluding hydrogens is 278 g/mol. The number of benzene rings is 2. The van der Waals surface area contributed by atoms with Crippen LogP contribution >= 0.6 is 0 Å². The van der Waals surface area contributed by atoms with Gasteiger partial charge in [-0.05, 0) is 42.2 Å². The molecule has 4 nitrogen and oxygen atoms in total. The molecule has 2 aliphatic heterocycles. The summed E-state index contributed by atoms with van der Waals surface area (Å²) in [5, 5.41) is 0. The summed E-state index contributed by atoms with van der Waals surface area (Å²) in [7, 11) is 1.66. The molecule has 2 heterocycles. The zero-order valence-corrected chi connectivity index (χ0v) is 12.4. The van der Waals surface area contributed by atoms with Crippen molar-refractivity contribution in [2.75, 3.05) is 12.0 Å². The van der Waals surface area contributed by atoms with Crippen molar-refractivity contribution < 1.29 is 14.3 Å². The maximum atomic E-state index is 12.4. The molecule has 1 amide bonds. The number of carbonyl (C=O) groups is 1. The Kier molecular flexibility index (Phi) is 3.03. The van der Waals surface area contributed by atoms with Crippen LogP contribution in [0.15, 0.2) is 48.5 Å². The first-order chi connectivity index (χ1) is 10.8. The highest BCUT2D eigenvalue weighted by molar-refractivity contribution is 5.92. The summed E-state index contributed by atoms with van der Waals surface area (Å²) in [6.07, 6.45) is 1.37. The largest absolute Gasteiger partial charge is 0.497 e. The number of rotatable bonds is 2. The molecule has 1 fully saturated rings. The molecule has 2 aliphatic rings. The molecule has 4 rings (SSSR count). The van der Waals surface area contributed by atoms with E-state index in [1.165, 1.54) is 0 Å². The van der Waals surface area contributed by atoms with Crippen molar-refractivity contribution in [3.05, 3.63) is 59.7 Å². The first-order valence-corrected chi connectivity index (χ1v) is 7.49. The first-order valence-electron chi connectivity index (χ1n) is 7.49. The Morgan fingerprint density at radius 1 is 1.18 bits per heavy atom. The minimum Gasteiger partial charge on any atom is -0.497 e. The summed E-state index contributed by atoms with van der Waals surface area (Å²) in [4.78, 5) is 14.2. The Labute approximate surface area is 129 Å². The van der Waals surface area contributed by atoms with Crippen LogP contribution in [0.3, 0.4) is 0 Å². The van der Waals surface area contributed by atoms with Gasteiger partial charge in [0.2, 0.25) is 0 Å². The van der Waals surface area contributed by atoms with E-state index in [1.54, 1.807) is 12.0 Å². The van der Waals surface area contributed by atoms with Crippen molar-refractivity contribution in [1.82, 2.24) is 0 Å². The van der Waals surface area contributed by atoms with Gasteiger partial charge in [0, 0.05) is 0 Å². The van der Waals surface area contributed by atoms with Gasteiger partial charge in [0.15, 0.2) is 0 Å². The van der Waals surface area contributed by atoms with Crippen molar-refractivity contribution in [2.24, 2.45) is 0 Å². The van der Waals surface area contributed by atoms with E-state index in [-0.39, 0.29) is 18.2 Å². The highest BCUT2D eigenvalue weighted by Gasteiger charge is 2.45. The number of aryl methyl sites for hydroxylation is 1. The highest BCUT2D eigenvalue weighted by atomic mass is 16.6. The number of carbonyl (C=O) groups excluding carboxylic acids is 1. The Morgan fingerprint density at radius 3 is 2.77 bits per heavy atom. The molecule has 0 N–H and O–H groups in total. The second-order valence-corrected chi connectivity index (χ2v) is 5.69. The van der Waals surface area contributed by atoms with Crippen LogP contribution in [-0.4, -0.2) is 19.2 Å². The molecule has 0 saturated carbocycles. The maximum Gasteiger partial charge on any atom is 0.415 e. The van der Waals surface area contributed by atoms with Gasteiger partial charge in [-0.25, -0.2) is 4.79 Å². The summed E-state index contributed by atoms with van der Waals surface area (Å²) in [6, 6.07) is 15.9. The lowest BCUT2D eigenvalue weighted by Crippen LogP contribution is -2.38. The predicted molar refractivity (Wildman–Crippen MR) is 83.2 cm³/mol. The van der Waals surface area contributed by atoms with Crippen molar-refractivity contribution in [3.8, 4) is 5.75 Å². The number of anilines is 1. The van der Waals surface area contributed by atoms with E-state index in [1.807, 2.05) is 48.5 Å². The fraction of sp³-hybridized carbons (Fsp3) is 0.278. The van der Waals surface area contributed by atoms with Crippen LogP contribution in [0, 0.1) is 0 Å². The number of fused-ring (bicyclic) bond motifs is 3. The molecule has 0 bridgehead atoms. The minimum absolute atomic E-state index is 0.0656. The van der Waals surface area contributed by atoms with E-state index in [0.29, 0.717) is 0 Å². The molecule has 0 aromatic heterocycles. The van der Waals surface area contributed by atoms with Crippen LogP contribution in [0.1, 0.15) is 23.7 Å². The van der Waals surface area contributed by atoms with E-state index in [2.05, 4.69) is 0 Å². The second-order valence-electron chi connectivity index (χ2n) is 5.69. The molecule has 0 aliphatic carbocycles. The van der Waals surface area contributed by atoms with Crippen LogP contribution in [0.4, 0.5) is 10.5 Å². The van der Waals surface area contributed by atoms with Gasteiger partial charge in [0.25, 0.3) is 0 Å². The fourth-order valence-electron chi connectivity index (χ4n) is 3.43.